The first-order valence-corrected chi connectivity index (χ1v) is 12.4. The van der Waals surface area contributed by atoms with Gasteiger partial charge in [-0.3, -0.25) is 0 Å². The van der Waals surface area contributed by atoms with Crippen LogP contribution in [0.25, 0.3) is 0 Å². The standard InChI is InChI=1S/C27H36F6O2/c1-17-8-11-21(34)16-20(17)10-9-19-7-5-14-24(3)22(12-13-23(19)24)18(2)6-4-15-25(35,26(28,29)30)27(31,32)33/h4,6,9-10,18,21-23,34-35H,1,5,7-8,11-16H2,2-3H3/b6-4+,19-9+,20-10+/t18-,21+,22-,23+,24-/m1/s1. The van der Waals surface area contributed by atoms with E-state index in [-0.39, 0.29) is 23.4 Å². The van der Waals surface area contributed by atoms with Gasteiger partial charge in [0.1, 0.15) is 0 Å². The zero-order chi connectivity index (χ0) is 26.2. The SMILES string of the molecule is C=C1CC[C@H](O)C/C1=C\C=C1/CCC[C@]2(C)[C@@H]([C@H](C)/C=C/CC(O)(C(F)(F)F)C(F)(F)F)CC[C@@H]12. The van der Waals surface area contributed by atoms with Crippen LogP contribution in [0.5, 0.6) is 0 Å². The maximum absolute atomic E-state index is 13.0. The molecule has 0 aromatic heterocycles. The lowest BCUT2D eigenvalue weighted by atomic mass is 9.61. The lowest BCUT2D eigenvalue weighted by molar-refractivity contribution is -0.366. The number of allylic oxidation sites excluding steroid dienone is 5. The summed E-state index contributed by atoms with van der Waals surface area (Å²) in [6, 6.07) is 0. The fourth-order valence-electron chi connectivity index (χ4n) is 6.52. The average Bonchev–Trinajstić information content (AvgIpc) is 3.10. The molecule has 0 saturated heterocycles. The number of rotatable bonds is 5. The summed E-state index contributed by atoms with van der Waals surface area (Å²) in [6.45, 7) is 8.13. The van der Waals surface area contributed by atoms with Gasteiger partial charge in [0.2, 0.25) is 0 Å². The van der Waals surface area contributed by atoms with Gasteiger partial charge in [0, 0.05) is 6.42 Å². The van der Waals surface area contributed by atoms with Crippen LogP contribution in [0.2, 0.25) is 0 Å². The first-order chi connectivity index (χ1) is 16.1. The highest BCUT2D eigenvalue weighted by atomic mass is 19.4. The Bertz CT molecular complexity index is 867. The summed E-state index contributed by atoms with van der Waals surface area (Å²) in [5.41, 5.74) is -1.41. The fraction of sp³-hybridized carbons (Fsp3) is 0.704. The topological polar surface area (TPSA) is 40.5 Å². The van der Waals surface area contributed by atoms with Crippen LogP contribution >= 0.6 is 0 Å². The molecule has 0 aromatic carbocycles. The largest absolute Gasteiger partial charge is 0.426 e. The van der Waals surface area contributed by atoms with E-state index < -0.39 is 24.4 Å². The molecule has 3 aliphatic rings. The van der Waals surface area contributed by atoms with E-state index in [2.05, 4.69) is 25.7 Å². The summed E-state index contributed by atoms with van der Waals surface area (Å²) >= 11 is 0. The van der Waals surface area contributed by atoms with Crippen molar-refractivity contribution in [2.45, 2.75) is 95.7 Å². The molecule has 198 valence electrons. The molecule has 8 heteroatoms. The number of fused-ring (bicyclic) bond motifs is 1. The van der Waals surface area contributed by atoms with Gasteiger partial charge < -0.3 is 10.2 Å². The van der Waals surface area contributed by atoms with Crippen LogP contribution in [0.1, 0.15) is 71.6 Å². The minimum absolute atomic E-state index is 0.0974. The lowest BCUT2D eigenvalue weighted by Crippen LogP contribution is -2.56. The Morgan fingerprint density at radius 2 is 1.71 bits per heavy atom. The summed E-state index contributed by atoms with van der Waals surface area (Å²) < 4.78 is 77.8. The molecule has 0 spiro atoms. The van der Waals surface area contributed by atoms with Gasteiger partial charge in [-0.15, -0.1) is 0 Å². The predicted molar refractivity (Wildman–Crippen MR) is 123 cm³/mol. The summed E-state index contributed by atoms with van der Waals surface area (Å²) in [5, 5.41) is 19.4. The van der Waals surface area contributed by atoms with Gasteiger partial charge in [-0.2, -0.15) is 26.3 Å². The third kappa shape index (κ3) is 5.58. The molecule has 2 nitrogen and oxygen atoms in total. The van der Waals surface area contributed by atoms with E-state index in [0.717, 1.165) is 62.2 Å². The van der Waals surface area contributed by atoms with Crippen molar-refractivity contribution < 1.29 is 36.6 Å². The van der Waals surface area contributed by atoms with Crippen molar-refractivity contribution in [3.63, 3.8) is 0 Å². The maximum atomic E-state index is 13.0. The van der Waals surface area contributed by atoms with E-state index in [4.69, 9.17) is 0 Å². The lowest BCUT2D eigenvalue weighted by Gasteiger charge is -2.44. The Balaban J connectivity index is 1.74. The number of aliphatic hydroxyl groups is 2. The van der Waals surface area contributed by atoms with E-state index in [1.807, 2.05) is 6.92 Å². The van der Waals surface area contributed by atoms with Crippen molar-refractivity contribution in [2.75, 3.05) is 0 Å². The zero-order valence-corrected chi connectivity index (χ0v) is 20.4. The zero-order valence-electron chi connectivity index (χ0n) is 20.4. The monoisotopic (exact) mass is 506 g/mol. The molecule has 0 heterocycles. The molecule has 0 aliphatic heterocycles. The van der Waals surface area contributed by atoms with Crippen LogP contribution in [-0.4, -0.2) is 34.3 Å². The molecule has 0 amide bonds. The minimum Gasteiger partial charge on any atom is -0.393 e. The summed E-state index contributed by atoms with van der Waals surface area (Å²) in [6.07, 6.45) is -0.293. The normalized spacial score (nSPS) is 34.1. The van der Waals surface area contributed by atoms with E-state index >= 15 is 0 Å². The summed E-state index contributed by atoms with van der Waals surface area (Å²) in [4.78, 5) is 0. The molecule has 5 atom stereocenters. The molecule has 3 rings (SSSR count). The van der Waals surface area contributed by atoms with Gasteiger partial charge >= 0.3 is 12.4 Å². The predicted octanol–water partition coefficient (Wildman–Crippen LogP) is 7.59. The van der Waals surface area contributed by atoms with Crippen molar-refractivity contribution in [3.05, 3.63) is 47.6 Å². The van der Waals surface area contributed by atoms with E-state index in [1.165, 1.54) is 11.6 Å². The third-order valence-corrected chi connectivity index (χ3v) is 8.65. The van der Waals surface area contributed by atoms with Crippen molar-refractivity contribution in [1.29, 1.82) is 0 Å². The van der Waals surface area contributed by atoms with Crippen LogP contribution in [0.15, 0.2) is 47.6 Å². The third-order valence-electron chi connectivity index (χ3n) is 8.65. The molecule has 0 unspecified atom stereocenters. The molecule has 35 heavy (non-hydrogen) atoms. The molecular formula is C27H36F6O2. The Morgan fingerprint density at radius 1 is 1.06 bits per heavy atom. The minimum atomic E-state index is -5.81. The average molecular weight is 507 g/mol. The van der Waals surface area contributed by atoms with E-state index in [0.29, 0.717) is 12.3 Å². The fourth-order valence-corrected chi connectivity index (χ4v) is 6.52. The van der Waals surface area contributed by atoms with Gasteiger partial charge in [-0.05, 0) is 80.1 Å². The van der Waals surface area contributed by atoms with Gasteiger partial charge in [-0.25, -0.2) is 0 Å². The Morgan fingerprint density at radius 3 is 2.34 bits per heavy atom. The van der Waals surface area contributed by atoms with Gasteiger partial charge in [0.25, 0.3) is 5.60 Å². The van der Waals surface area contributed by atoms with Crippen molar-refractivity contribution in [3.8, 4) is 0 Å². The van der Waals surface area contributed by atoms with Crippen LogP contribution in [0.4, 0.5) is 26.3 Å². The molecule has 3 saturated carbocycles. The summed E-state index contributed by atoms with van der Waals surface area (Å²) in [5.74, 6) is 0.205. The molecule has 2 N–H and O–H groups in total. The Kier molecular flexibility index (Phi) is 8.07. The number of hydrogen-bond acceptors (Lipinski definition) is 2. The first-order valence-electron chi connectivity index (χ1n) is 12.4. The Labute approximate surface area is 203 Å². The number of alkyl halides is 6. The second kappa shape index (κ2) is 10.1. The second-order valence-electron chi connectivity index (χ2n) is 10.9. The quantitative estimate of drug-likeness (QED) is 0.298. The van der Waals surface area contributed by atoms with Crippen LogP contribution in [0.3, 0.4) is 0 Å². The Hall–Kier alpha value is -1.54. The van der Waals surface area contributed by atoms with Gasteiger partial charge in [-0.1, -0.05) is 55.9 Å². The molecule has 0 bridgehead atoms. The van der Waals surface area contributed by atoms with Crippen molar-refractivity contribution >= 4 is 0 Å². The van der Waals surface area contributed by atoms with Crippen LogP contribution in [-0.2, 0) is 0 Å². The van der Waals surface area contributed by atoms with Gasteiger partial charge in [0.15, 0.2) is 0 Å². The van der Waals surface area contributed by atoms with E-state index in [9.17, 15) is 36.6 Å². The highest BCUT2D eigenvalue weighted by Gasteiger charge is 2.69. The maximum Gasteiger partial charge on any atom is 0.426 e. The van der Waals surface area contributed by atoms with Crippen molar-refractivity contribution in [2.24, 2.45) is 23.2 Å². The highest BCUT2D eigenvalue weighted by Crippen LogP contribution is 2.59. The molecule has 3 aliphatic carbocycles. The number of aliphatic hydroxyl groups excluding tert-OH is 1. The van der Waals surface area contributed by atoms with Crippen LogP contribution in [0, 0.1) is 23.2 Å². The first kappa shape index (κ1) is 28.0. The second-order valence-corrected chi connectivity index (χ2v) is 10.9. The number of halogens is 6. The highest BCUT2D eigenvalue weighted by molar-refractivity contribution is 5.36. The molecular weight excluding hydrogens is 470 g/mol. The molecule has 0 radical (unpaired) electrons. The number of hydrogen-bond donors (Lipinski definition) is 2. The van der Waals surface area contributed by atoms with Crippen LogP contribution < -0.4 is 0 Å². The van der Waals surface area contributed by atoms with Crippen molar-refractivity contribution in [1.82, 2.24) is 0 Å². The smallest absolute Gasteiger partial charge is 0.393 e. The molecule has 0 aromatic rings. The van der Waals surface area contributed by atoms with Gasteiger partial charge in [0.05, 0.1) is 6.10 Å². The van der Waals surface area contributed by atoms with E-state index in [1.54, 1.807) is 0 Å². The molecule has 3 fully saturated rings. The summed E-state index contributed by atoms with van der Waals surface area (Å²) in [7, 11) is 0.